The zero-order chi connectivity index (χ0) is 12.1. The summed E-state index contributed by atoms with van der Waals surface area (Å²) in [6.07, 6.45) is 3.04. The van der Waals surface area contributed by atoms with Gasteiger partial charge in [0, 0.05) is 11.8 Å². The van der Waals surface area contributed by atoms with Gasteiger partial charge in [-0.15, -0.1) is 0 Å². The Morgan fingerprint density at radius 1 is 1.06 bits per heavy atom. The maximum absolute atomic E-state index is 5.86. The van der Waals surface area contributed by atoms with E-state index in [0.717, 1.165) is 32.5 Å². The molecule has 1 heterocycles. The van der Waals surface area contributed by atoms with Crippen LogP contribution in [0.5, 0.6) is 0 Å². The summed E-state index contributed by atoms with van der Waals surface area (Å²) >= 11 is 0. The molecule has 94 valence electrons. The molecule has 0 amide bonds. The lowest BCUT2D eigenvalue weighted by molar-refractivity contribution is -0.229. The van der Waals surface area contributed by atoms with Crippen LogP contribution in [-0.4, -0.2) is 19.5 Å². The predicted octanol–water partition coefficient (Wildman–Crippen LogP) is 3.41. The van der Waals surface area contributed by atoms with Crippen molar-refractivity contribution >= 4 is 0 Å². The lowest BCUT2D eigenvalue weighted by Crippen LogP contribution is -2.41. The van der Waals surface area contributed by atoms with E-state index >= 15 is 0 Å². The van der Waals surface area contributed by atoms with Crippen molar-refractivity contribution in [3.8, 4) is 0 Å². The SMILES string of the molecule is CCC1(CC)COC(Cc2ccccc2)OC1. The average Bonchev–Trinajstić information content (AvgIpc) is 2.41. The summed E-state index contributed by atoms with van der Waals surface area (Å²) in [7, 11) is 0. The summed E-state index contributed by atoms with van der Waals surface area (Å²) in [5.74, 6) is 0. The fourth-order valence-corrected chi connectivity index (χ4v) is 2.21. The second-order valence-corrected chi connectivity index (χ2v) is 4.95. The Labute approximate surface area is 104 Å². The summed E-state index contributed by atoms with van der Waals surface area (Å²) in [6, 6.07) is 10.4. The first-order valence-electron chi connectivity index (χ1n) is 6.55. The molecule has 1 saturated heterocycles. The van der Waals surface area contributed by atoms with Crippen molar-refractivity contribution in [2.24, 2.45) is 5.41 Å². The van der Waals surface area contributed by atoms with Crippen LogP contribution < -0.4 is 0 Å². The van der Waals surface area contributed by atoms with E-state index in [2.05, 4.69) is 38.1 Å². The molecule has 0 atom stereocenters. The predicted molar refractivity (Wildman–Crippen MR) is 68.9 cm³/mol. The molecule has 0 bridgehead atoms. The highest BCUT2D eigenvalue weighted by molar-refractivity contribution is 5.15. The fourth-order valence-electron chi connectivity index (χ4n) is 2.21. The van der Waals surface area contributed by atoms with Gasteiger partial charge in [-0.1, -0.05) is 44.2 Å². The van der Waals surface area contributed by atoms with Crippen molar-refractivity contribution in [2.75, 3.05) is 13.2 Å². The van der Waals surface area contributed by atoms with Crippen LogP contribution in [-0.2, 0) is 15.9 Å². The highest BCUT2D eigenvalue weighted by atomic mass is 16.7. The molecule has 1 aliphatic rings. The van der Waals surface area contributed by atoms with Gasteiger partial charge in [0.05, 0.1) is 13.2 Å². The van der Waals surface area contributed by atoms with E-state index in [1.54, 1.807) is 0 Å². The van der Waals surface area contributed by atoms with Gasteiger partial charge in [-0.3, -0.25) is 0 Å². The van der Waals surface area contributed by atoms with Crippen molar-refractivity contribution in [3.63, 3.8) is 0 Å². The Balaban J connectivity index is 1.87. The molecule has 0 aromatic heterocycles. The Morgan fingerprint density at radius 3 is 2.18 bits per heavy atom. The van der Waals surface area contributed by atoms with Crippen molar-refractivity contribution in [2.45, 2.75) is 39.4 Å². The van der Waals surface area contributed by atoms with Crippen molar-refractivity contribution in [3.05, 3.63) is 35.9 Å². The molecule has 1 fully saturated rings. The highest BCUT2D eigenvalue weighted by Gasteiger charge is 2.33. The number of ether oxygens (including phenoxy) is 2. The number of benzene rings is 1. The molecule has 0 spiro atoms. The second-order valence-electron chi connectivity index (χ2n) is 4.95. The maximum atomic E-state index is 5.86. The molecular weight excluding hydrogens is 212 g/mol. The van der Waals surface area contributed by atoms with Crippen LogP contribution in [0.15, 0.2) is 30.3 Å². The van der Waals surface area contributed by atoms with Crippen LogP contribution in [0.2, 0.25) is 0 Å². The normalized spacial score (nSPS) is 20.4. The zero-order valence-electron chi connectivity index (χ0n) is 10.8. The average molecular weight is 234 g/mol. The van der Waals surface area contributed by atoms with E-state index in [1.807, 2.05) is 6.07 Å². The van der Waals surface area contributed by atoms with Crippen molar-refractivity contribution in [1.29, 1.82) is 0 Å². The van der Waals surface area contributed by atoms with Gasteiger partial charge < -0.3 is 9.47 Å². The Morgan fingerprint density at radius 2 is 1.65 bits per heavy atom. The summed E-state index contributed by atoms with van der Waals surface area (Å²) in [5.41, 5.74) is 1.52. The lowest BCUT2D eigenvalue weighted by atomic mass is 9.83. The zero-order valence-corrected chi connectivity index (χ0v) is 10.8. The van der Waals surface area contributed by atoms with Gasteiger partial charge in [-0.25, -0.2) is 0 Å². The molecule has 1 aliphatic heterocycles. The molecule has 1 aromatic carbocycles. The third kappa shape index (κ3) is 3.08. The highest BCUT2D eigenvalue weighted by Crippen LogP contribution is 2.32. The molecule has 0 unspecified atom stereocenters. The van der Waals surface area contributed by atoms with Gasteiger partial charge in [-0.05, 0) is 18.4 Å². The quantitative estimate of drug-likeness (QED) is 0.795. The van der Waals surface area contributed by atoms with Gasteiger partial charge in [0.1, 0.15) is 0 Å². The summed E-state index contributed by atoms with van der Waals surface area (Å²) in [5, 5.41) is 0. The standard InChI is InChI=1S/C15H22O2/c1-3-15(4-2)11-16-14(17-12-15)10-13-8-6-5-7-9-13/h5-9,14H,3-4,10-12H2,1-2H3. The van der Waals surface area contributed by atoms with Crippen LogP contribution in [0, 0.1) is 5.41 Å². The molecule has 2 heteroatoms. The maximum Gasteiger partial charge on any atom is 0.161 e. The lowest BCUT2D eigenvalue weighted by Gasteiger charge is -2.39. The fraction of sp³-hybridized carbons (Fsp3) is 0.600. The molecular formula is C15H22O2. The Hall–Kier alpha value is -0.860. The summed E-state index contributed by atoms with van der Waals surface area (Å²) < 4.78 is 11.7. The molecule has 0 saturated carbocycles. The van der Waals surface area contributed by atoms with E-state index in [9.17, 15) is 0 Å². The van der Waals surface area contributed by atoms with Gasteiger partial charge in [0.15, 0.2) is 6.29 Å². The minimum atomic E-state index is -0.0661. The number of hydrogen-bond acceptors (Lipinski definition) is 2. The minimum Gasteiger partial charge on any atom is -0.352 e. The molecule has 0 N–H and O–H groups in total. The molecule has 2 rings (SSSR count). The van der Waals surface area contributed by atoms with Crippen LogP contribution in [0.1, 0.15) is 32.3 Å². The van der Waals surface area contributed by atoms with Crippen LogP contribution in [0.25, 0.3) is 0 Å². The summed E-state index contributed by atoms with van der Waals surface area (Å²) in [4.78, 5) is 0. The monoisotopic (exact) mass is 234 g/mol. The first-order valence-corrected chi connectivity index (χ1v) is 6.55. The van der Waals surface area contributed by atoms with Crippen LogP contribution in [0.4, 0.5) is 0 Å². The Kier molecular flexibility index (Phi) is 4.19. The third-order valence-corrected chi connectivity index (χ3v) is 3.90. The minimum absolute atomic E-state index is 0.0661. The first kappa shape index (κ1) is 12.6. The van der Waals surface area contributed by atoms with Gasteiger partial charge in [0.25, 0.3) is 0 Å². The summed E-state index contributed by atoms with van der Waals surface area (Å²) in [6.45, 7) is 6.09. The molecule has 2 nitrogen and oxygen atoms in total. The van der Waals surface area contributed by atoms with E-state index < -0.39 is 0 Å². The van der Waals surface area contributed by atoms with Crippen molar-refractivity contribution in [1.82, 2.24) is 0 Å². The van der Waals surface area contributed by atoms with Gasteiger partial charge in [-0.2, -0.15) is 0 Å². The van der Waals surface area contributed by atoms with Crippen molar-refractivity contribution < 1.29 is 9.47 Å². The van der Waals surface area contributed by atoms with Crippen LogP contribution >= 0.6 is 0 Å². The van der Waals surface area contributed by atoms with Gasteiger partial charge >= 0.3 is 0 Å². The van der Waals surface area contributed by atoms with E-state index in [-0.39, 0.29) is 11.7 Å². The van der Waals surface area contributed by atoms with Gasteiger partial charge in [0.2, 0.25) is 0 Å². The topological polar surface area (TPSA) is 18.5 Å². The van der Waals surface area contributed by atoms with E-state index in [1.165, 1.54) is 5.56 Å². The third-order valence-electron chi connectivity index (χ3n) is 3.90. The second kappa shape index (κ2) is 5.65. The molecule has 1 aromatic rings. The molecule has 0 aliphatic carbocycles. The first-order chi connectivity index (χ1) is 8.28. The largest absolute Gasteiger partial charge is 0.352 e. The van der Waals surface area contributed by atoms with Crippen LogP contribution in [0.3, 0.4) is 0 Å². The number of hydrogen-bond donors (Lipinski definition) is 0. The van der Waals surface area contributed by atoms with E-state index in [4.69, 9.17) is 9.47 Å². The molecule has 17 heavy (non-hydrogen) atoms. The number of rotatable bonds is 4. The smallest absolute Gasteiger partial charge is 0.161 e. The molecule has 0 radical (unpaired) electrons. The van der Waals surface area contributed by atoms with E-state index in [0.29, 0.717) is 0 Å². The Bertz CT molecular complexity index is 320.